The largest absolute Gasteiger partial charge is 0.479 e. The molecule has 4 heteroatoms. The first-order valence-corrected chi connectivity index (χ1v) is 6.19. The number of carbonyl (C=O) groups excluding carboxylic acids is 1. The third-order valence-electron chi connectivity index (χ3n) is 3.97. The zero-order valence-corrected chi connectivity index (χ0v) is 11.4. The molecule has 0 saturated heterocycles. The molecule has 1 saturated carbocycles. The molecule has 1 amide bonds. The molecule has 2 unspecified atom stereocenters. The van der Waals surface area contributed by atoms with Gasteiger partial charge in [-0.2, -0.15) is 0 Å². The highest BCUT2D eigenvalue weighted by molar-refractivity contribution is 5.87. The van der Waals surface area contributed by atoms with E-state index in [0.717, 1.165) is 6.42 Å². The first kappa shape index (κ1) is 14.0. The zero-order chi connectivity index (χ0) is 13.4. The number of nitrogens with zero attached hydrogens (tertiary/aromatic N) is 1. The highest BCUT2D eigenvalue weighted by Gasteiger charge is 2.57. The Morgan fingerprint density at radius 3 is 2.18 bits per heavy atom. The summed E-state index contributed by atoms with van der Waals surface area (Å²) in [4.78, 5) is 24.9. The van der Waals surface area contributed by atoms with Crippen molar-refractivity contribution in [2.75, 3.05) is 6.54 Å². The third-order valence-corrected chi connectivity index (χ3v) is 3.97. The summed E-state index contributed by atoms with van der Waals surface area (Å²) >= 11 is 0. The zero-order valence-electron chi connectivity index (χ0n) is 11.4. The molecule has 0 bridgehead atoms. The van der Waals surface area contributed by atoms with Crippen LogP contribution in [0, 0.1) is 11.3 Å². The van der Waals surface area contributed by atoms with Gasteiger partial charge in [0.25, 0.3) is 0 Å². The highest BCUT2D eigenvalue weighted by Crippen LogP contribution is 2.50. The minimum atomic E-state index is -1.02. The summed E-state index contributed by atoms with van der Waals surface area (Å²) < 4.78 is 0. The summed E-state index contributed by atoms with van der Waals surface area (Å²) in [5.74, 6) is -1.04. The van der Waals surface area contributed by atoms with Crippen LogP contribution in [0.15, 0.2) is 0 Å². The number of hydrogen-bond donors (Lipinski definition) is 1. The second kappa shape index (κ2) is 4.31. The van der Waals surface area contributed by atoms with E-state index in [4.69, 9.17) is 0 Å². The predicted octanol–water partition coefficient (Wildman–Crippen LogP) is 2.13. The van der Waals surface area contributed by atoms with Gasteiger partial charge >= 0.3 is 5.97 Å². The van der Waals surface area contributed by atoms with Crippen molar-refractivity contribution in [1.82, 2.24) is 4.90 Å². The second-order valence-corrected chi connectivity index (χ2v) is 5.94. The highest BCUT2D eigenvalue weighted by atomic mass is 16.4. The van der Waals surface area contributed by atoms with Gasteiger partial charge in [0.1, 0.15) is 5.54 Å². The number of rotatable bonds is 3. The van der Waals surface area contributed by atoms with Gasteiger partial charge in [-0.05, 0) is 31.1 Å². The average Bonchev–Trinajstić information content (AvgIpc) is 2.37. The second-order valence-electron chi connectivity index (χ2n) is 5.94. The number of carbonyl (C=O) groups is 2. The van der Waals surface area contributed by atoms with Crippen LogP contribution in [-0.4, -0.2) is 34.0 Å². The van der Waals surface area contributed by atoms with Crippen molar-refractivity contribution in [3.05, 3.63) is 0 Å². The van der Waals surface area contributed by atoms with Crippen molar-refractivity contribution in [2.45, 2.75) is 53.0 Å². The van der Waals surface area contributed by atoms with Crippen LogP contribution in [0.25, 0.3) is 0 Å². The maximum Gasteiger partial charge on any atom is 0.329 e. The van der Waals surface area contributed by atoms with Gasteiger partial charge in [-0.25, -0.2) is 4.79 Å². The molecule has 0 radical (unpaired) electrons. The molecule has 1 fully saturated rings. The van der Waals surface area contributed by atoms with E-state index >= 15 is 0 Å². The van der Waals surface area contributed by atoms with Gasteiger partial charge in [0, 0.05) is 13.5 Å². The summed E-state index contributed by atoms with van der Waals surface area (Å²) in [5, 5.41) is 9.62. The molecule has 1 N–H and O–H groups in total. The predicted molar refractivity (Wildman–Crippen MR) is 65.6 cm³/mol. The molecule has 98 valence electrons. The molecule has 1 aliphatic rings. The summed E-state index contributed by atoms with van der Waals surface area (Å²) in [6, 6.07) is 0. The van der Waals surface area contributed by atoms with Gasteiger partial charge in [-0.3, -0.25) is 4.79 Å². The number of carboxylic acid groups (broad SMARTS) is 1. The van der Waals surface area contributed by atoms with Gasteiger partial charge in [0.05, 0.1) is 0 Å². The fourth-order valence-electron chi connectivity index (χ4n) is 3.52. The van der Waals surface area contributed by atoms with E-state index < -0.39 is 11.5 Å². The van der Waals surface area contributed by atoms with Crippen LogP contribution < -0.4 is 0 Å². The molecule has 1 aliphatic carbocycles. The maximum absolute atomic E-state index is 11.7. The van der Waals surface area contributed by atoms with Crippen LogP contribution in [0.3, 0.4) is 0 Å². The first-order valence-electron chi connectivity index (χ1n) is 6.19. The topological polar surface area (TPSA) is 57.6 Å². The molecule has 0 spiro atoms. The Labute approximate surface area is 103 Å². The number of carboxylic acids is 1. The Balaban J connectivity index is 3.24. The summed E-state index contributed by atoms with van der Waals surface area (Å²) in [6.45, 7) is 9.82. The van der Waals surface area contributed by atoms with Crippen LogP contribution in [0.5, 0.6) is 0 Å². The van der Waals surface area contributed by atoms with Gasteiger partial charge in [-0.15, -0.1) is 0 Å². The lowest BCUT2D eigenvalue weighted by Crippen LogP contribution is -2.58. The quantitative estimate of drug-likeness (QED) is 0.823. The minimum absolute atomic E-state index is 0.0150. The normalized spacial score (nSPS) is 31.2. The average molecular weight is 241 g/mol. The van der Waals surface area contributed by atoms with E-state index in [1.807, 2.05) is 13.8 Å². The van der Waals surface area contributed by atoms with Crippen LogP contribution in [0.4, 0.5) is 0 Å². The smallest absolute Gasteiger partial charge is 0.329 e. The summed E-state index contributed by atoms with van der Waals surface area (Å²) in [7, 11) is 0. The van der Waals surface area contributed by atoms with E-state index in [9.17, 15) is 14.7 Å². The molecule has 0 aliphatic heterocycles. The van der Waals surface area contributed by atoms with Crippen molar-refractivity contribution in [2.24, 2.45) is 11.3 Å². The standard InChI is InChI=1S/C13H23NO3/c1-6-14(10(3)15)13(11(16)17)8-12(4,5)7-9(13)2/h9H,6-8H2,1-5H3,(H,16,17). The Morgan fingerprint density at radius 2 is 1.94 bits per heavy atom. The van der Waals surface area contributed by atoms with Crippen LogP contribution >= 0.6 is 0 Å². The Kier molecular flexibility index (Phi) is 3.55. The fraction of sp³-hybridized carbons (Fsp3) is 0.846. The first-order chi connectivity index (χ1) is 7.67. The fourth-order valence-corrected chi connectivity index (χ4v) is 3.52. The molecule has 1 rings (SSSR count). The SMILES string of the molecule is CCN(C(C)=O)C1(C(=O)O)CC(C)(C)CC1C. The van der Waals surface area contributed by atoms with E-state index in [1.54, 1.807) is 0 Å². The minimum Gasteiger partial charge on any atom is -0.479 e. The van der Waals surface area contributed by atoms with Crippen molar-refractivity contribution in [3.8, 4) is 0 Å². The Bertz CT molecular complexity index is 338. The molecular weight excluding hydrogens is 218 g/mol. The van der Waals surface area contributed by atoms with Crippen molar-refractivity contribution in [3.63, 3.8) is 0 Å². The van der Waals surface area contributed by atoms with Crippen LogP contribution in [0.1, 0.15) is 47.5 Å². The Morgan fingerprint density at radius 1 is 1.41 bits per heavy atom. The lowest BCUT2D eigenvalue weighted by atomic mass is 9.84. The molecule has 0 aromatic heterocycles. The summed E-state index contributed by atoms with van der Waals surface area (Å²) in [5.41, 5.74) is -1.05. The lowest BCUT2D eigenvalue weighted by Gasteiger charge is -2.40. The molecule has 4 nitrogen and oxygen atoms in total. The van der Waals surface area contributed by atoms with E-state index in [0.29, 0.717) is 13.0 Å². The number of likely N-dealkylation sites (N-methyl/N-ethyl adjacent to an activating group) is 1. The van der Waals surface area contributed by atoms with E-state index in [-0.39, 0.29) is 17.2 Å². The molecule has 0 heterocycles. The van der Waals surface area contributed by atoms with Crippen LogP contribution in [0.2, 0.25) is 0 Å². The molecular formula is C13H23NO3. The number of amides is 1. The van der Waals surface area contributed by atoms with Gasteiger partial charge in [0.2, 0.25) is 5.91 Å². The third kappa shape index (κ3) is 2.17. The van der Waals surface area contributed by atoms with Gasteiger partial charge in [-0.1, -0.05) is 20.8 Å². The van der Waals surface area contributed by atoms with E-state index in [2.05, 4.69) is 13.8 Å². The molecule has 0 aromatic rings. The van der Waals surface area contributed by atoms with Crippen molar-refractivity contribution in [1.29, 1.82) is 0 Å². The lowest BCUT2D eigenvalue weighted by molar-refractivity contribution is -0.161. The van der Waals surface area contributed by atoms with E-state index in [1.165, 1.54) is 11.8 Å². The molecule has 17 heavy (non-hydrogen) atoms. The van der Waals surface area contributed by atoms with Crippen molar-refractivity contribution < 1.29 is 14.7 Å². The van der Waals surface area contributed by atoms with Crippen molar-refractivity contribution >= 4 is 11.9 Å². The van der Waals surface area contributed by atoms with Gasteiger partial charge in [0.15, 0.2) is 0 Å². The van der Waals surface area contributed by atoms with Crippen LogP contribution in [-0.2, 0) is 9.59 Å². The monoisotopic (exact) mass is 241 g/mol. The molecule has 2 atom stereocenters. The number of hydrogen-bond acceptors (Lipinski definition) is 2. The Hall–Kier alpha value is -1.06. The summed E-state index contributed by atoms with van der Waals surface area (Å²) in [6.07, 6.45) is 1.37. The maximum atomic E-state index is 11.7. The number of aliphatic carboxylic acids is 1. The molecule has 0 aromatic carbocycles. The van der Waals surface area contributed by atoms with Gasteiger partial charge < -0.3 is 10.0 Å².